The van der Waals surface area contributed by atoms with Gasteiger partial charge in [0.15, 0.2) is 0 Å². The molecule has 3 nitrogen and oxygen atoms in total. The van der Waals surface area contributed by atoms with Gasteiger partial charge in [-0.2, -0.15) is 0 Å². The van der Waals surface area contributed by atoms with Crippen molar-refractivity contribution in [3.63, 3.8) is 0 Å². The summed E-state index contributed by atoms with van der Waals surface area (Å²) in [6, 6.07) is 12.1. The van der Waals surface area contributed by atoms with Gasteiger partial charge < -0.3 is 4.57 Å². The summed E-state index contributed by atoms with van der Waals surface area (Å²) < 4.78 is 2.16. The second-order valence-corrected chi connectivity index (χ2v) is 5.58. The molecule has 3 rings (SSSR count). The molecule has 1 unspecified atom stereocenters. The van der Waals surface area contributed by atoms with E-state index in [0.717, 1.165) is 22.6 Å². The van der Waals surface area contributed by atoms with Gasteiger partial charge >= 0.3 is 0 Å². The van der Waals surface area contributed by atoms with Crippen molar-refractivity contribution in [3.05, 3.63) is 59.7 Å². The number of imidazole rings is 1. The van der Waals surface area contributed by atoms with Gasteiger partial charge in [0.1, 0.15) is 5.82 Å². The zero-order valence-corrected chi connectivity index (χ0v) is 12.3. The summed E-state index contributed by atoms with van der Waals surface area (Å²) in [5.41, 5.74) is 4.30. The van der Waals surface area contributed by atoms with Crippen LogP contribution < -0.4 is 0 Å². The molecule has 0 bridgehead atoms. The lowest BCUT2D eigenvalue weighted by Gasteiger charge is -2.11. The highest BCUT2D eigenvalue weighted by molar-refractivity contribution is 6.20. The van der Waals surface area contributed by atoms with Gasteiger partial charge in [0.05, 0.1) is 28.6 Å². The molecule has 2 aromatic heterocycles. The molecule has 0 aliphatic rings. The molecule has 2 heterocycles. The molecule has 1 aromatic carbocycles. The number of para-hydroxylation sites is 2. The van der Waals surface area contributed by atoms with Crippen molar-refractivity contribution in [2.75, 3.05) is 0 Å². The van der Waals surface area contributed by atoms with Crippen LogP contribution in [0.2, 0.25) is 0 Å². The Morgan fingerprint density at radius 3 is 2.75 bits per heavy atom. The van der Waals surface area contributed by atoms with E-state index in [1.165, 1.54) is 5.56 Å². The Hall–Kier alpha value is -1.87. The fraction of sp³-hybridized carbons (Fsp3) is 0.250. The maximum Gasteiger partial charge on any atom is 0.128 e. The molecule has 0 fully saturated rings. The molecule has 0 spiro atoms. The van der Waals surface area contributed by atoms with Gasteiger partial charge in [0.25, 0.3) is 0 Å². The van der Waals surface area contributed by atoms with E-state index in [9.17, 15) is 0 Å². The second-order valence-electron chi connectivity index (χ2n) is 4.93. The number of aromatic nitrogens is 3. The summed E-state index contributed by atoms with van der Waals surface area (Å²) in [4.78, 5) is 9.11. The largest absolute Gasteiger partial charge is 0.321 e. The first-order valence-corrected chi connectivity index (χ1v) is 7.10. The van der Waals surface area contributed by atoms with E-state index in [1.807, 2.05) is 37.4 Å². The fourth-order valence-electron chi connectivity index (χ4n) is 2.40. The van der Waals surface area contributed by atoms with Crippen molar-refractivity contribution in [3.8, 4) is 0 Å². The average molecular weight is 286 g/mol. The predicted octanol–water partition coefficient (Wildman–Crippen LogP) is 4.09. The van der Waals surface area contributed by atoms with Crippen molar-refractivity contribution in [2.45, 2.75) is 25.8 Å². The van der Waals surface area contributed by atoms with Crippen molar-refractivity contribution >= 4 is 22.6 Å². The Morgan fingerprint density at radius 1 is 1.20 bits per heavy atom. The lowest BCUT2D eigenvalue weighted by atomic mass is 10.2. The molecule has 20 heavy (non-hydrogen) atoms. The van der Waals surface area contributed by atoms with Crippen molar-refractivity contribution in [1.82, 2.24) is 14.5 Å². The maximum absolute atomic E-state index is 6.28. The lowest BCUT2D eigenvalue weighted by Crippen LogP contribution is -2.08. The van der Waals surface area contributed by atoms with Crippen molar-refractivity contribution < 1.29 is 0 Å². The smallest absolute Gasteiger partial charge is 0.128 e. The molecule has 1 atom stereocenters. The van der Waals surface area contributed by atoms with Crippen LogP contribution in [0.4, 0.5) is 0 Å². The standard InChI is InChI=1S/C16H16ClN3/c1-11-6-5-9-18-14(11)10-20-15-8-4-3-7-13(15)19-16(20)12(2)17/h3-9,12H,10H2,1-2H3. The van der Waals surface area contributed by atoms with E-state index >= 15 is 0 Å². The highest BCUT2D eigenvalue weighted by Gasteiger charge is 2.15. The number of hydrogen-bond donors (Lipinski definition) is 0. The van der Waals surface area contributed by atoms with Crippen molar-refractivity contribution in [2.24, 2.45) is 0 Å². The fourth-order valence-corrected chi connectivity index (χ4v) is 2.56. The van der Waals surface area contributed by atoms with Gasteiger partial charge in [-0.25, -0.2) is 4.98 Å². The number of pyridine rings is 1. The number of fused-ring (bicyclic) bond motifs is 1. The van der Waals surface area contributed by atoms with Crippen LogP contribution in [0.25, 0.3) is 11.0 Å². The van der Waals surface area contributed by atoms with Gasteiger partial charge in [-0.1, -0.05) is 18.2 Å². The first kappa shape index (κ1) is 13.1. The highest BCUT2D eigenvalue weighted by atomic mass is 35.5. The number of aryl methyl sites for hydroxylation is 1. The Labute approximate surface area is 123 Å². The van der Waals surface area contributed by atoms with E-state index in [2.05, 4.69) is 33.6 Å². The van der Waals surface area contributed by atoms with Gasteiger partial charge in [-0.05, 0) is 37.6 Å². The lowest BCUT2D eigenvalue weighted by molar-refractivity contribution is 0.723. The summed E-state index contributed by atoms with van der Waals surface area (Å²) in [6.07, 6.45) is 1.82. The monoisotopic (exact) mass is 285 g/mol. The third kappa shape index (κ3) is 2.29. The van der Waals surface area contributed by atoms with Crippen LogP contribution in [0.1, 0.15) is 29.4 Å². The summed E-state index contributed by atoms with van der Waals surface area (Å²) in [6.45, 7) is 4.72. The molecule has 102 valence electrons. The van der Waals surface area contributed by atoms with E-state index in [-0.39, 0.29) is 5.38 Å². The van der Waals surface area contributed by atoms with Crippen LogP contribution in [-0.4, -0.2) is 14.5 Å². The van der Waals surface area contributed by atoms with Crippen molar-refractivity contribution in [1.29, 1.82) is 0 Å². The van der Waals surface area contributed by atoms with Gasteiger partial charge in [0.2, 0.25) is 0 Å². The number of rotatable bonds is 3. The van der Waals surface area contributed by atoms with E-state index < -0.39 is 0 Å². The summed E-state index contributed by atoms with van der Waals surface area (Å²) >= 11 is 6.28. The van der Waals surface area contributed by atoms with Crippen LogP contribution in [0, 0.1) is 6.92 Å². The highest BCUT2D eigenvalue weighted by Crippen LogP contribution is 2.25. The number of nitrogens with zero attached hydrogens (tertiary/aromatic N) is 3. The average Bonchev–Trinajstić information content (AvgIpc) is 2.81. The summed E-state index contributed by atoms with van der Waals surface area (Å²) in [5.74, 6) is 0.887. The molecule has 0 radical (unpaired) electrons. The minimum absolute atomic E-state index is 0.133. The first-order valence-electron chi connectivity index (χ1n) is 6.66. The van der Waals surface area contributed by atoms with Gasteiger partial charge in [-0.15, -0.1) is 11.6 Å². The van der Waals surface area contributed by atoms with E-state index in [0.29, 0.717) is 6.54 Å². The molecule has 0 saturated heterocycles. The molecule has 0 aliphatic heterocycles. The SMILES string of the molecule is Cc1cccnc1Cn1c(C(C)Cl)nc2ccccc21. The molecule has 0 N–H and O–H groups in total. The van der Waals surface area contributed by atoms with E-state index in [1.54, 1.807) is 0 Å². The van der Waals surface area contributed by atoms with Crippen LogP contribution in [0.3, 0.4) is 0 Å². The topological polar surface area (TPSA) is 30.7 Å². The Morgan fingerprint density at radius 2 is 2.00 bits per heavy atom. The second kappa shape index (κ2) is 5.25. The Balaban J connectivity index is 2.14. The number of halogens is 1. The molecule has 0 aliphatic carbocycles. The molecule has 4 heteroatoms. The van der Waals surface area contributed by atoms with Gasteiger partial charge in [0, 0.05) is 6.20 Å². The van der Waals surface area contributed by atoms with Crippen LogP contribution in [0.15, 0.2) is 42.6 Å². The zero-order chi connectivity index (χ0) is 14.1. The number of benzene rings is 1. The summed E-state index contributed by atoms with van der Waals surface area (Å²) in [5, 5.41) is -0.133. The van der Waals surface area contributed by atoms with Gasteiger partial charge in [-0.3, -0.25) is 4.98 Å². The minimum Gasteiger partial charge on any atom is -0.321 e. The van der Waals surface area contributed by atoms with Crippen LogP contribution >= 0.6 is 11.6 Å². The Bertz CT molecular complexity index is 746. The normalized spacial score (nSPS) is 12.8. The Kier molecular flexibility index (Phi) is 3.45. The third-order valence-electron chi connectivity index (χ3n) is 3.47. The number of hydrogen-bond acceptors (Lipinski definition) is 2. The molecular formula is C16H16ClN3. The first-order chi connectivity index (χ1) is 9.66. The summed E-state index contributed by atoms with van der Waals surface area (Å²) in [7, 11) is 0. The van der Waals surface area contributed by atoms with Crippen LogP contribution in [-0.2, 0) is 6.54 Å². The number of alkyl halides is 1. The molecule has 3 aromatic rings. The third-order valence-corrected chi connectivity index (χ3v) is 3.66. The van der Waals surface area contributed by atoms with E-state index in [4.69, 9.17) is 11.6 Å². The minimum atomic E-state index is -0.133. The quantitative estimate of drug-likeness (QED) is 0.679. The predicted molar refractivity (Wildman–Crippen MR) is 82.1 cm³/mol. The molecule has 0 saturated carbocycles. The molecule has 0 amide bonds. The zero-order valence-electron chi connectivity index (χ0n) is 11.5. The molecular weight excluding hydrogens is 270 g/mol. The van der Waals surface area contributed by atoms with Crippen LogP contribution in [0.5, 0.6) is 0 Å². The maximum atomic E-state index is 6.28.